The molecule has 8 heteroatoms. The van der Waals surface area contributed by atoms with Gasteiger partial charge in [-0.25, -0.2) is 0 Å². The van der Waals surface area contributed by atoms with Gasteiger partial charge in [-0.3, -0.25) is 14.9 Å². The summed E-state index contributed by atoms with van der Waals surface area (Å²) in [6, 6.07) is 9.78. The van der Waals surface area contributed by atoms with Crippen molar-refractivity contribution in [2.24, 2.45) is 0 Å². The summed E-state index contributed by atoms with van der Waals surface area (Å²) in [6.07, 6.45) is 2.86. The van der Waals surface area contributed by atoms with E-state index in [9.17, 15) is 14.9 Å². The van der Waals surface area contributed by atoms with E-state index in [2.05, 4.69) is 14.1 Å². The molecule has 0 unspecified atom stereocenters. The largest absolute Gasteiger partial charge is 0.320 e. The molecule has 7 nitrogen and oxygen atoms in total. The maximum atomic E-state index is 12.1. The third-order valence-corrected chi connectivity index (χ3v) is 3.94. The van der Waals surface area contributed by atoms with Crippen molar-refractivity contribution in [2.75, 3.05) is 5.32 Å². The smallest absolute Gasteiger partial charge is 0.270 e. The topological polar surface area (TPSA) is 98.0 Å². The van der Waals surface area contributed by atoms with Crippen LogP contribution in [0.1, 0.15) is 11.1 Å². The van der Waals surface area contributed by atoms with Gasteiger partial charge in [0.2, 0.25) is 5.91 Å². The Bertz CT molecular complexity index is 965. The molecule has 0 radical (unpaired) electrons. The van der Waals surface area contributed by atoms with Gasteiger partial charge in [-0.2, -0.15) is 8.75 Å². The van der Waals surface area contributed by atoms with Crippen molar-refractivity contribution in [3.63, 3.8) is 0 Å². The van der Waals surface area contributed by atoms with Crippen LogP contribution in [0.25, 0.3) is 17.1 Å². The third-order valence-electron chi connectivity index (χ3n) is 3.39. The van der Waals surface area contributed by atoms with Crippen LogP contribution in [0.4, 0.5) is 11.4 Å². The van der Waals surface area contributed by atoms with E-state index in [1.165, 1.54) is 24.3 Å². The maximum Gasteiger partial charge on any atom is 0.270 e. The lowest BCUT2D eigenvalue weighted by Gasteiger charge is -2.06. The van der Waals surface area contributed by atoms with Gasteiger partial charge in [-0.05, 0) is 30.2 Å². The first kappa shape index (κ1) is 15.8. The molecule has 2 aromatic carbocycles. The molecule has 0 saturated heterocycles. The summed E-state index contributed by atoms with van der Waals surface area (Å²) in [5, 5.41) is 13.6. The zero-order valence-electron chi connectivity index (χ0n) is 12.6. The number of amides is 1. The normalized spacial score (nSPS) is 11.0. The van der Waals surface area contributed by atoms with Gasteiger partial charge in [0.1, 0.15) is 11.0 Å². The number of carbonyl (C=O) groups is 1. The Kier molecular flexibility index (Phi) is 4.30. The highest BCUT2D eigenvalue weighted by Crippen LogP contribution is 2.25. The molecule has 0 spiro atoms. The highest BCUT2D eigenvalue weighted by Gasteiger charge is 2.10. The minimum absolute atomic E-state index is 0.0216. The second-order valence-corrected chi connectivity index (χ2v) is 5.59. The van der Waals surface area contributed by atoms with Gasteiger partial charge in [-0.1, -0.05) is 18.2 Å². The van der Waals surface area contributed by atoms with Gasteiger partial charge < -0.3 is 5.32 Å². The number of anilines is 1. The molecule has 120 valence electrons. The average Bonchev–Trinajstić information content (AvgIpc) is 3.05. The second kappa shape index (κ2) is 6.55. The van der Waals surface area contributed by atoms with E-state index in [4.69, 9.17) is 0 Å². The van der Waals surface area contributed by atoms with Gasteiger partial charge in [0, 0.05) is 18.2 Å². The molecule has 0 bridgehead atoms. The monoisotopic (exact) mass is 340 g/mol. The molecule has 1 aromatic heterocycles. The van der Waals surface area contributed by atoms with Crippen molar-refractivity contribution in [3.05, 3.63) is 63.7 Å². The summed E-state index contributed by atoms with van der Waals surface area (Å²) in [5.74, 6) is -0.342. The third kappa shape index (κ3) is 3.28. The molecule has 0 fully saturated rings. The van der Waals surface area contributed by atoms with Crippen LogP contribution in [0.5, 0.6) is 0 Å². The quantitative estimate of drug-likeness (QED) is 0.445. The van der Waals surface area contributed by atoms with Crippen molar-refractivity contribution in [1.82, 2.24) is 8.75 Å². The first-order valence-electron chi connectivity index (χ1n) is 7.00. The first-order valence-corrected chi connectivity index (χ1v) is 7.73. The summed E-state index contributed by atoms with van der Waals surface area (Å²) in [6.45, 7) is 1.87. The van der Waals surface area contributed by atoms with Crippen LogP contribution in [0.3, 0.4) is 0 Å². The van der Waals surface area contributed by atoms with Crippen molar-refractivity contribution in [3.8, 4) is 0 Å². The van der Waals surface area contributed by atoms with E-state index in [0.717, 1.165) is 22.8 Å². The molecule has 1 heterocycles. The van der Waals surface area contributed by atoms with E-state index in [1.54, 1.807) is 12.1 Å². The SMILES string of the molecule is Cc1ccc2nsnc2c1NC(=O)C=Cc1cccc([N+](=O)[O-])c1. The van der Waals surface area contributed by atoms with Gasteiger partial charge in [0.25, 0.3) is 5.69 Å². The fourth-order valence-corrected chi connectivity index (χ4v) is 2.73. The lowest BCUT2D eigenvalue weighted by Crippen LogP contribution is -2.09. The number of aromatic nitrogens is 2. The number of nitrogens with one attached hydrogen (secondary N) is 1. The van der Waals surface area contributed by atoms with E-state index in [0.29, 0.717) is 16.8 Å². The van der Waals surface area contributed by atoms with Crippen LogP contribution in [-0.2, 0) is 4.79 Å². The lowest BCUT2D eigenvalue weighted by molar-refractivity contribution is -0.384. The van der Waals surface area contributed by atoms with Crippen LogP contribution in [-0.4, -0.2) is 19.6 Å². The molecule has 0 aliphatic rings. The number of benzene rings is 2. The Morgan fingerprint density at radius 2 is 2.12 bits per heavy atom. The molecule has 1 N–H and O–H groups in total. The number of rotatable bonds is 4. The van der Waals surface area contributed by atoms with Crippen molar-refractivity contribution >= 4 is 46.1 Å². The summed E-state index contributed by atoms with van der Waals surface area (Å²) in [7, 11) is 0. The number of fused-ring (bicyclic) bond motifs is 1. The Morgan fingerprint density at radius 1 is 1.29 bits per heavy atom. The molecule has 0 aliphatic carbocycles. The summed E-state index contributed by atoms with van der Waals surface area (Å²) in [4.78, 5) is 22.4. The van der Waals surface area contributed by atoms with Crippen molar-refractivity contribution < 1.29 is 9.72 Å². The minimum atomic E-state index is -0.475. The number of nitro groups is 1. The number of carbonyl (C=O) groups excluding carboxylic acids is 1. The first-order chi connectivity index (χ1) is 11.5. The van der Waals surface area contributed by atoms with E-state index < -0.39 is 4.92 Å². The molecule has 0 saturated carbocycles. The zero-order valence-corrected chi connectivity index (χ0v) is 13.4. The summed E-state index contributed by atoms with van der Waals surface area (Å²) < 4.78 is 8.34. The molecule has 3 aromatic rings. The number of hydrogen-bond acceptors (Lipinski definition) is 6. The van der Waals surface area contributed by atoms with E-state index in [-0.39, 0.29) is 11.6 Å². The fraction of sp³-hybridized carbons (Fsp3) is 0.0625. The van der Waals surface area contributed by atoms with E-state index >= 15 is 0 Å². The van der Waals surface area contributed by atoms with Gasteiger partial charge in [0.05, 0.1) is 22.3 Å². The number of nitro benzene ring substituents is 1. The summed E-state index contributed by atoms with van der Waals surface area (Å²) >= 11 is 1.08. The Morgan fingerprint density at radius 3 is 2.92 bits per heavy atom. The summed E-state index contributed by atoms with van der Waals surface area (Å²) in [5.41, 5.74) is 3.43. The number of nitrogens with zero attached hydrogens (tertiary/aromatic N) is 3. The molecule has 0 atom stereocenters. The van der Waals surface area contributed by atoms with Crippen LogP contribution in [0.15, 0.2) is 42.5 Å². The highest BCUT2D eigenvalue weighted by molar-refractivity contribution is 7.00. The Balaban J connectivity index is 1.80. The van der Waals surface area contributed by atoms with Gasteiger partial charge >= 0.3 is 0 Å². The van der Waals surface area contributed by atoms with Crippen LogP contribution < -0.4 is 5.32 Å². The second-order valence-electron chi connectivity index (χ2n) is 5.06. The zero-order chi connectivity index (χ0) is 17.1. The molecule has 1 amide bonds. The van der Waals surface area contributed by atoms with Crippen LogP contribution in [0, 0.1) is 17.0 Å². The maximum absolute atomic E-state index is 12.1. The average molecular weight is 340 g/mol. The predicted octanol–water partition coefficient (Wildman–Crippen LogP) is 3.56. The molecular formula is C16H12N4O3S. The van der Waals surface area contributed by atoms with Crippen LogP contribution in [0.2, 0.25) is 0 Å². The van der Waals surface area contributed by atoms with Gasteiger partial charge in [0.15, 0.2) is 0 Å². The standard InChI is InChI=1S/C16H12N4O3S/c1-10-5-7-13-16(19-24-18-13)15(10)17-14(21)8-6-11-3-2-4-12(9-11)20(22)23/h2-9H,1H3,(H,17,21). The minimum Gasteiger partial charge on any atom is -0.320 e. The van der Waals surface area contributed by atoms with E-state index in [1.807, 2.05) is 19.1 Å². The fourth-order valence-electron chi connectivity index (χ4n) is 2.19. The lowest BCUT2D eigenvalue weighted by atomic mass is 10.1. The number of aryl methyl sites for hydroxylation is 1. The highest BCUT2D eigenvalue weighted by atomic mass is 32.1. The number of non-ortho nitro benzene ring substituents is 1. The van der Waals surface area contributed by atoms with Crippen molar-refractivity contribution in [1.29, 1.82) is 0 Å². The predicted molar refractivity (Wildman–Crippen MR) is 92.9 cm³/mol. The Labute approximate surface area is 141 Å². The molecule has 24 heavy (non-hydrogen) atoms. The molecule has 3 rings (SSSR count). The Hall–Kier alpha value is -3.13. The van der Waals surface area contributed by atoms with Crippen molar-refractivity contribution in [2.45, 2.75) is 6.92 Å². The van der Waals surface area contributed by atoms with Gasteiger partial charge in [-0.15, -0.1) is 0 Å². The van der Waals surface area contributed by atoms with Crippen LogP contribution >= 0.6 is 11.7 Å². The number of hydrogen-bond donors (Lipinski definition) is 1. The molecular weight excluding hydrogens is 328 g/mol. The molecule has 0 aliphatic heterocycles.